The van der Waals surface area contributed by atoms with Crippen molar-refractivity contribution in [2.75, 3.05) is 0 Å². The highest BCUT2D eigenvalue weighted by Gasteiger charge is 2.23. The number of hydrogen-bond donors (Lipinski definition) is 1. The van der Waals surface area contributed by atoms with Crippen molar-refractivity contribution in [2.45, 2.75) is 60.6 Å². The van der Waals surface area contributed by atoms with Gasteiger partial charge in [-0.3, -0.25) is 0 Å². The minimum atomic E-state index is -0.579. The molecule has 3 aromatic heterocycles. The number of ether oxygens (including phenoxy) is 1. The standard InChI is InChI=1S/C19H24N4O5/c1-9-10(2)26-16(21-9)15-12(4)27-17(23-15)14-11(3)25-13(22-14)8-20-18(24)28-19(5,6)7/h8H2,1-7H3,(H,20,24). The zero-order chi connectivity index (χ0) is 20.6. The molecule has 0 aliphatic carbocycles. The molecule has 1 amide bonds. The van der Waals surface area contributed by atoms with Crippen LogP contribution in [0.25, 0.3) is 23.2 Å². The summed E-state index contributed by atoms with van der Waals surface area (Å²) in [5.41, 5.74) is 1.19. The number of nitrogens with one attached hydrogen (secondary N) is 1. The molecule has 9 nitrogen and oxygen atoms in total. The molecule has 0 aromatic carbocycles. The SMILES string of the molecule is Cc1nc(-c2nc(-c3nc(CNC(=O)OC(C)(C)C)oc3C)oc2C)oc1C. The van der Waals surface area contributed by atoms with Gasteiger partial charge in [-0.05, 0) is 48.5 Å². The van der Waals surface area contributed by atoms with E-state index >= 15 is 0 Å². The van der Waals surface area contributed by atoms with Crippen LogP contribution in [0, 0.1) is 27.7 Å². The van der Waals surface area contributed by atoms with Crippen LogP contribution in [0.2, 0.25) is 0 Å². The zero-order valence-electron chi connectivity index (χ0n) is 17.1. The van der Waals surface area contributed by atoms with Crippen LogP contribution in [0.5, 0.6) is 0 Å². The average Bonchev–Trinajstić information content (AvgIpc) is 3.22. The van der Waals surface area contributed by atoms with E-state index in [9.17, 15) is 4.79 Å². The molecule has 0 unspecified atom stereocenters. The lowest BCUT2D eigenvalue weighted by Gasteiger charge is -2.19. The molecule has 0 bridgehead atoms. The Morgan fingerprint density at radius 1 is 0.893 bits per heavy atom. The lowest BCUT2D eigenvalue weighted by Crippen LogP contribution is -2.32. The van der Waals surface area contributed by atoms with Crippen molar-refractivity contribution in [3.63, 3.8) is 0 Å². The van der Waals surface area contributed by atoms with E-state index < -0.39 is 11.7 Å². The molecule has 0 spiro atoms. The van der Waals surface area contributed by atoms with E-state index in [-0.39, 0.29) is 6.54 Å². The number of rotatable bonds is 4. The van der Waals surface area contributed by atoms with Crippen LogP contribution in [-0.2, 0) is 11.3 Å². The molecule has 0 saturated carbocycles. The lowest BCUT2D eigenvalue weighted by molar-refractivity contribution is 0.0518. The van der Waals surface area contributed by atoms with E-state index in [4.69, 9.17) is 18.0 Å². The number of amides is 1. The van der Waals surface area contributed by atoms with E-state index in [1.165, 1.54) is 0 Å². The summed E-state index contributed by atoms with van der Waals surface area (Å²) in [6.45, 7) is 12.7. The van der Waals surface area contributed by atoms with Gasteiger partial charge in [0, 0.05) is 0 Å². The summed E-state index contributed by atoms with van der Waals surface area (Å²) in [6, 6.07) is 0. The molecule has 3 rings (SSSR count). The van der Waals surface area contributed by atoms with Gasteiger partial charge < -0.3 is 23.3 Å². The summed E-state index contributed by atoms with van der Waals surface area (Å²) in [6.07, 6.45) is -0.547. The van der Waals surface area contributed by atoms with Crippen molar-refractivity contribution in [3.05, 3.63) is 28.9 Å². The molecular weight excluding hydrogens is 364 g/mol. The van der Waals surface area contributed by atoms with Crippen molar-refractivity contribution < 1.29 is 22.8 Å². The predicted octanol–water partition coefficient (Wildman–Crippen LogP) is 4.24. The van der Waals surface area contributed by atoms with Crippen LogP contribution in [0.15, 0.2) is 13.3 Å². The smallest absolute Gasteiger partial charge is 0.408 e. The summed E-state index contributed by atoms with van der Waals surface area (Å²) in [4.78, 5) is 25.0. The van der Waals surface area contributed by atoms with Gasteiger partial charge in [0.05, 0.1) is 12.2 Å². The Balaban J connectivity index is 1.78. The highest BCUT2D eigenvalue weighted by Crippen LogP contribution is 2.30. The summed E-state index contributed by atoms with van der Waals surface area (Å²) in [5.74, 6) is 2.83. The maximum absolute atomic E-state index is 11.8. The number of oxazole rings is 3. The van der Waals surface area contributed by atoms with Gasteiger partial charge in [-0.15, -0.1) is 0 Å². The van der Waals surface area contributed by atoms with Crippen molar-refractivity contribution in [1.82, 2.24) is 20.3 Å². The first-order valence-electron chi connectivity index (χ1n) is 8.89. The van der Waals surface area contributed by atoms with Crippen molar-refractivity contribution in [2.24, 2.45) is 0 Å². The Labute approximate surface area is 162 Å². The maximum Gasteiger partial charge on any atom is 0.408 e. The Morgan fingerprint density at radius 3 is 2.07 bits per heavy atom. The normalized spacial score (nSPS) is 11.7. The van der Waals surface area contributed by atoms with Gasteiger partial charge in [0.25, 0.3) is 0 Å². The first kappa shape index (κ1) is 19.7. The van der Waals surface area contributed by atoms with Crippen LogP contribution in [0.4, 0.5) is 4.79 Å². The van der Waals surface area contributed by atoms with Crippen molar-refractivity contribution in [1.29, 1.82) is 0 Å². The Kier molecular flexibility index (Phi) is 5.01. The highest BCUT2D eigenvalue weighted by atomic mass is 16.6. The molecule has 0 atom stereocenters. The van der Waals surface area contributed by atoms with Crippen molar-refractivity contribution >= 4 is 6.09 Å². The maximum atomic E-state index is 11.8. The van der Waals surface area contributed by atoms with Crippen LogP contribution < -0.4 is 5.32 Å². The van der Waals surface area contributed by atoms with Crippen LogP contribution in [-0.4, -0.2) is 26.6 Å². The van der Waals surface area contributed by atoms with Gasteiger partial charge >= 0.3 is 6.09 Å². The van der Waals surface area contributed by atoms with Gasteiger partial charge in [-0.1, -0.05) is 0 Å². The predicted molar refractivity (Wildman–Crippen MR) is 99.5 cm³/mol. The Bertz CT molecular complexity index is 987. The molecule has 28 heavy (non-hydrogen) atoms. The molecule has 1 N–H and O–H groups in total. The summed E-state index contributed by atoms with van der Waals surface area (Å²) in [7, 11) is 0. The van der Waals surface area contributed by atoms with Gasteiger partial charge in [0.15, 0.2) is 11.4 Å². The van der Waals surface area contributed by atoms with Gasteiger partial charge in [-0.25, -0.2) is 19.7 Å². The van der Waals surface area contributed by atoms with E-state index in [1.54, 1.807) is 34.6 Å². The molecule has 9 heteroatoms. The third-order valence-electron chi connectivity index (χ3n) is 3.85. The molecule has 0 fully saturated rings. The second kappa shape index (κ2) is 7.14. The molecule has 0 saturated heterocycles. The fraction of sp³-hybridized carbons (Fsp3) is 0.474. The van der Waals surface area contributed by atoms with Crippen LogP contribution in [0.3, 0.4) is 0 Å². The average molecular weight is 388 g/mol. The number of aromatic nitrogens is 3. The minimum Gasteiger partial charge on any atom is -0.444 e. The fourth-order valence-corrected chi connectivity index (χ4v) is 2.46. The third-order valence-corrected chi connectivity index (χ3v) is 3.85. The lowest BCUT2D eigenvalue weighted by atomic mass is 10.2. The molecular formula is C19H24N4O5. The molecule has 0 aliphatic rings. The summed E-state index contributed by atoms with van der Waals surface area (Å²) >= 11 is 0. The second-order valence-electron chi connectivity index (χ2n) is 7.45. The molecule has 150 valence electrons. The molecule has 0 radical (unpaired) electrons. The first-order valence-corrected chi connectivity index (χ1v) is 8.89. The summed E-state index contributed by atoms with van der Waals surface area (Å²) < 4.78 is 22.2. The van der Waals surface area contributed by atoms with Crippen molar-refractivity contribution in [3.8, 4) is 23.2 Å². The van der Waals surface area contributed by atoms with Gasteiger partial charge in [0.2, 0.25) is 17.7 Å². The first-order chi connectivity index (χ1) is 13.0. The molecule has 3 heterocycles. The summed E-state index contributed by atoms with van der Waals surface area (Å²) in [5, 5.41) is 2.61. The van der Waals surface area contributed by atoms with E-state index in [1.807, 2.05) is 13.8 Å². The number of aryl methyl sites for hydroxylation is 4. The third kappa shape index (κ3) is 4.24. The Morgan fingerprint density at radius 2 is 1.46 bits per heavy atom. The number of carbonyl (C=O) groups is 1. The van der Waals surface area contributed by atoms with Gasteiger partial charge in [0.1, 0.15) is 22.9 Å². The zero-order valence-corrected chi connectivity index (χ0v) is 17.1. The number of carbonyl (C=O) groups excluding carboxylic acids is 1. The second-order valence-corrected chi connectivity index (χ2v) is 7.45. The van der Waals surface area contributed by atoms with Gasteiger partial charge in [-0.2, -0.15) is 0 Å². The monoisotopic (exact) mass is 388 g/mol. The fourth-order valence-electron chi connectivity index (χ4n) is 2.46. The van der Waals surface area contributed by atoms with Crippen LogP contribution in [0.1, 0.15) is 49.6 Å². The molecule has 0 aliphatic heterocycles. The van der Waals surface area contributed by atoms with Crippen LogP contribution >= 0.6 is 0 Å². The van der Waals surface area contributed by atoms with E-state index in [2.05, 4.69) is 20.3 Å². The topological polar surface area (TPSA) is 116 Å². The number of hydrogen-bond acceptors (Lipinski definition) is 8. The van der Waals surface area contributed by atoms with E-state index in [0.29, 0.717) is 40.6 Å². The highest BCUT2D eigenvalue weighted by molar-refractivity contribution is 5.67. The van der Waals surface area contributed by atoms with E-state index in [0.717, 1.165) is 11.5 Å². The number of nitrogens with zero attached hydrogens (tertiary/aromatic N) is 3. The molecule has 3 aromatic rings. The minimum absolute atomic E-state index is 0.0838. The quantitative estimate of drug-likeness (QED) is 0.705. The number of alkyl carbamates (subject to hydrolysis) is 1. The largest absolute Gasteiger partial charge is 0.444 e. The Hall–Kier alpha value is -3.10.